The number of aliphatic imine (C=N–C) groups is 1. The minimum Gasteiger partial charge on any atom is -0.394 e. The molecule has 3 aliphatic carbocycles. The van der Waals surface area contributed by atoms with Crippen LogP contribution in [-0.2, 0) is 17.8 Å². The number of carbonyl (C=O) groups excluding carboxylic acids is 1. The summed E-state index contributed by atoms with van der Waals surface area (Å²) in [5.41, 5.74) is 2.69. The van der Waals surface area contributed by atoms with Crippen molar-refractivity contribution in [2.75, 3.05) is 19.7 Å². The smallest absolute Gasteiger partial charge is 0.261 e. The summed E-state index contributed by atoms with van der Waals surface area (Å²) in [6.45, 7) is 9.61. The highest BCUT2D eigenvalue weighted by Gasteiger charge is 2.56. The van der Waals surface area contributed by atoms with Gasteiger partial charge in [0, 0.05) is 19.1 Å². The Hall–Kier alpha value is -3.79. The van der Waals surface area contributed by atoms with Gasteiger partial charge < -0.3 is 20.6 Å². The number of rotatable bonds is 6. The second-order valence-corrected chi connectivity index (χ2v) is 13.3. The molecule has 2 aromatic carbocycles. The number of aromatic nitrogens is 2. The van der Waals surface area contributed by atoms with Crippen LogP contribution in [0.25, 0.3) is 10.9 Å². The fourth-order valence-corrected chi connectivity index (χ4v) is 7.38. The molecule has 1 aliphatic heterocycles. The number of aliphatic hydroxyl groups excluding tert-OH is 1. The maximum absolute atomic E-state index is 14.3. The van der Waals surface area contributed by atoms with Gasteiger partial charge in [-0.1, -0.05) is 32.9 Å². The fraction of sp³-hybridized carbons (Fsp3) is 0.515. The van der Waals surface area contributed by atoms with E-state index in [4.69, 9.17) is 4.99 Å². The summed E-state index contributed by atoms with van der Waals surface area (Å²) < 4.78 is 15.8. The normalized spacial score (nSPS) is 26.7. The molecule has 3 N–H and O–H groups in total. The number of benzene rings is 2. The van der Waals surface area contributed by atoms with E-state index in [-0.39, 0.29) is 42.5 Å². The molecule has 1 aromatic heterocycles. The van der Waals surface area contributed by atoms with Gasteiger partial charge in [-0.3, -0.25) is 14.2 Å². The van der Waals surface area contributed by atoms with Gasteiger partial charge in [0.15, 0.2) is 5.96 Å². The lowest BCUT2D eigenvalue weighted by molar-refractivity contribution is -0.124. The van der Waals surface area contributed by atoms with Crippen LogP contribution in [0.15, 0.2) is 52.5 Å². The van der Waals surface area contributed by atoms with E-state index in [2.05, 4.69) is 36.4 Å². The predicted octanol–water partition coefficient (Wildman–Crippen LogP) is 3.53. The van der Waals surface area contributed by atoms with E-state index < -0.39 is 0 Å². The number of aryl methyl sites for hydroxylation is 3. The van der Waals surface area contributed by atoms with Crippen molar-refractivity contribution in [1.82, 2.24) is 25.1 Å². The van der Waals surface area contributed by atoms with Crippen LogP contribution >= 0.6 is 0 Å². The van der Waals surface area contributed by atoms with Crippen LogP contribution in [-0.4, -0.2) is 63.2 Å². The van der Waals surface area contributed by atoms with Crippen LogP contribution in [0.2, 0.25) is 0 Å². The number of hydrogen-bond acceptors (Lipinski definition) is 5. The van der Waals surface area contributed by atoms with Crippen molar-refractivity contribution in [2.45, 2.75) is 65.6 Å². The van der Waals surface area contributed by atoms with Gasteiger partial charge >= 0.3 is 0 Å². The fourth-order valence-electron chi connectivity index (χ4n) is 7.38. The van der Waals surface area contributed by atoms with Crippen molar-refractivity contribution in [2.24, 2.45) is 28.2 Å². The van der Waals surface area contributed by atoms with Gasteiger partial charge in [0.1, 0.15) is 5.82 Å². The van der Waals surface area contributed by atoms with Gasteiger partial charge in [0.05, 0.1) is 42.1 Å². The number of piperazine rings is 1. The molecule has 0 radical (unpaired) electrons. The zero-order valence-corrected chi connectivity index (χ0v) is 25.3. The average Bonchev–Trinajstić information content (AvgIpc) is 2.97. The summed E-state index contributed by atoms with van der Waals surface area (Å²) in [7, 11) is 0. The molecule has 1 amide bonds. The molecule has 1 saturated heterocycles. The number of fused-ring (bicyclic) bond motifs is 3. The lowest BCUT2D eigenvalue weighted by Gasteiger charge is -2.62. The Morgan fingerprint density at radius 2 is 2.02 bits per heavy atom. The Morgan fingerprint density at radius 3 is 2.74 bits per heavy atom. The first-order valence-corrected chi connectivity index (χ1v) is 15.3. The molecule has 4 aliphatic rings. The molecule has 228 valence electrons. The van der Waals surface area contributed by atoms with Crippen LogP contribution in [0.3, 0.4) is 0 Å². The van der Waals surface area contributed by atoms with Crippen LogP contribution in [0.1, 0.15) is 44.7 Å². The Bertz CT molecular complexity index is 1630. The van der Waals surface area contributed by atoms with Crippen molar-refractivity contribution < 1.29 is 14.3 Å². The maximum atomic E-state index is 14.3. The first-order valence-electron chi connectivity index (χ1n) is 15.3. The number of aliphatic hydroxyl groups is 1. The number of nitrogens with zero attached hydrogens (tertiary/aromatic N) is 4. The van der Waals surface area contributed by atoms with E-state index in [0.29, 0.717) is 70.8 Å². The predicted molar refractivity (Wildman–Crippen MR) is 165 cm³/mol. The van der Waals surface area contributed by atoms with Gasteiger partial charge in [-0.25, -0.2) is 14.4 Å². The summed E-state index contributed by atoms with van der Waals surface area (Å²) >= 11 is 0. The van der Waals surface area contributed by atoms with Crippen LogP contribution in [0.5, 0.6) is 0 Å². The van der Waals surface area contributed by atoms with E-state index in [1.54, 1.807) is 24.3 Å². The molecule has 5 atom stereocenters. The molecule has 0 unspecified atom stereocenters. The third-order valence-corrected chi connectivity index (χ3v) is 10.2. The quantitative estimate of drug-likeness (QED) is 0.300. The standard InChI is InChI=1S/C33H41FN6O3/c1-19-5-6-21(27(34)11-19)9-10-39-18-35-29-14-23(7-8-25(29)31(39)43)37-32(40-15-24(17-41)36-30(42)16-40)38-28-13-22-12-26(20(28)2)33(22,3)4/h5-8,11,14,18,20,22,24,26,28,41H,9-10,12-13,15-17H2,1-4H3,(H,36,42)(H,37,38)/t20-,22-,24-,26-,28+/m1/s1. The Kier molecular flexibility index (Phi) is 7.75. The minimum atomic E-state index is -0.380. The highest BCUT2D eigenvalue weighted by Crippen LogP contribution is 2.61. The maximum Gasteiger partial charge on any atom is 0.261 e. The number of halogens is 1. The molecular formula is C33H41FN6O3. The lowest BCUT2D eigenvalue weighted by Crippen LogP contribution is -2.64. The zero-order chi connectivity index (χ0) is 30.5. The topological polar surface area (TPSA) is 112 Å². The van der Waals surface area contributed by atoms with E-state index >= 15 is 0 Å². The van der Waals surface area contributed by atoms with Gasteiger partial charge in [0.2, 0.25) is 5.91 Å². The monoisotopic (exact) mass is 588 g/mol. The largest absolute Gasteiger partial charge is 0.394 e. The van der Waals surface area contributed by atoms with Crippen LogP contribution in [0.4, 0.5) is 10.1 Å². The van der Waals surface area contributed by atoms with Crippen molar-refractivity contribution >= 4 is 28.5 Å². The Morgan fingerprint density at radius 1 is 1.21 bits per heavy atom. The molecule has 3 aromatic rings. The third-order valence-electron chi connectivity index (χ3n) is 10.2. The van der Waals surface area contributed by atoms with Gasteiger partial charge in [-0.2, -0.15) is 0 Å². The molecule has 3 saturated carbocycles. The SMILES string of the molecule is Cc1ccc(CCn2cnc3cc(N=C(N[C@H]4C[C@H]5C[C@H]([C@H]4C)C5(C)C)N4CC(=O)N[C@@H](CO)C4)ccc3c2=O)c(F)c1. The average molecular weight is 589 g/mol. The van der Waals surface area contributed by atoms with Crippen LogP contribution < -0.4 is 16.2 Å². The van der Waals surface area contributed by atoms with E-state index in [9.17, 15) is 19.1 Å². The summed E-state index contributed by atoms with van der Waals surface area (Å²) in [5, 5.41) is 16.8. The summed E-state index contributed by atoms with van der Waals surface area (Å²) in [6.07, 6.45) is 4.18. The van der Waals surface area contributed by atoms with Gasteiger partial charge in [-0.15, -0.1) is 0 Å². The first-order chi connectivity index (χ1) is 20.5. The van der Waals surface area contributed by atoms with Crippen molar-refractivity contribution in [1.29, 1.82) is 0 Å². The molecule has 43 heavy (non-hydrogen) atoms. The molecular weight excluding hydrogens is 547 g/mol. The van der Waals surface area contributed by atoms with Crippen molar-refractivity contribution in [3.63, 3.8) is 0 Å². The lowest BCUT2D eigenvalue weighted by atomic mass is 9.45. The number of amides is 1. The number of hydrogen-bond donors (Lipinski definition) is 3. The van der Waals surface area contributed by atoms with Crippen molar-refractivity contribution in [3.05, 3.63) is 70.0 Å². The molecule has 4 fully saturated rings. The summed E-state index contributed by atoms with van der Waals surface area (Å²) in [4.78, 5) is 37.2. The molecule has 2 bridgehead atoms. The number of carbonyl (C=O) groups is 1. The molecule has 7 rings (SSSR count). The second kappa shape index (κ2) is 11.4. The molecule has 9 nitrogen and oxygen atoms in total. The molecule has 2 heterocycles. The van der Waals surface area contributed by atoms with Crippen molar-refractivity contribution in [3.8, 4) is 0 Å². The Labute approximate surface area is 251 Å². The minimum absolute atomic E-state index is 0.139. The third kappa shape index (κ3) is 5.64. The summed E-state index contributed by atoms with van der Waals surface area (Å²) in [5.74, 6) is 1.89. The first kappa shape index (κ1) is 29.3. The highest BCUT2D eigenvalue weighted by molar-refractivity contribution is 5.90. The van der Waals surface area contributed by atoms with E-state index in [1.807, 2.05) is 17.9 Å². The second-order valence-electron chi connectivity index (χ2n) is 13.3. The summed E-state index contributed by atoms with van der Waals surface area (Å²) in [6, 6.07) is 10.3. The Balaban J connectivity index is 1.27. The van der Waals surface area contributed by atoms with Crippen LogP contribution in [0, 0.1) is 35.9 Å². The van der Waals surface area contributed by atoms with E-state index in [0.717, 1.165) is 12.0 Å². The number of guanidine groups is 1. The van der Waals surface area contributed by atoms with E-state index in [1.165, 1.54) is 23.4 Å². The molecule has 0 spiro atoms. The highest BCUT2D eigenvalue weighted by atomic mass is 19.1. The number of nitrogens with one attached hydrogen (secondary N) is 2. The van der Waals surface area contributed by atoms with Gasteiger partial charge in [-0.05, 0) is 84.7 Å². The molecule has 10 heteroatoms. The van der Waals surface area contributed by atoms with Gasteiger partial charge in [0.25, 0.3) is 5.56 Å². The zero-order valence-electron chi connectivity index (χ0n) is 25.3.